The van der Waals surface area contributed by atoms with Crippen LogP contribution in [0.15, 0.2) is 64.4 Å². The molecule has 2 heterocycles. The quantitative estimate of drug-likeness (QED) is 0.375. The third-order valence-corrected chi connectivity index (χ3v) is 6.06. The number of nitrogens with zero attached hydrogens (tertiary/aromatic N) is 4. The first-order valence-electron chi connectivity index (χ1n) is 11.0. The number of methoxy groups -OCH3 is 2. The molecule has 5 rings (SSSR count). The van der Waals surface area contributed by atoms with Crippen molar-refractivity contribution < 1.29 is 14.3 Å². The molecular weight excluding hydrogens is 436 g/mol. The fourth-order valence-electron chi connectivity index (χ4n) is 4.04. The summed E-state index contributed by atoms with van der Waals surface area (Å²) in [5.41, 5.74) is 0.501. The van der Waals surface area contributed by atoms with Gasteiger partial charge in [-0.3, -0.25) is 14.2 Å². The molecule has 0 amide bonds. The summed E-state index contributed by atoms with van der Waals surface area (Å²) in [7, 11) is 3.08. The summed E-state index contributed by atoms with van der Waals surface area (Å²) >= 11 is 0. The summed E-state index contributed by atoms with van der Waals surface area (Å²) in [4.78, 5) is 44.3. The molecule has 0 spiro atoms. The van der Waals surface area contributed by atoms with Crippen LogP contribution in [0.2, 0.25) is 0 Å². The molecule has 2 aromatic carbocycles. The van der Waals surface area contributed by atoms with Crippen LogP contribution in [-0.2, 0) is 13.1 Å². The SMILES string of the molecule is COc1cccc(C(=O)Cn2cnc3c2c(=O)n(CC2CC2)c(=O)n3-c2cccc(OC)c2)c1. The Morgan fingerprint density at radius 1 is 1.03 bits per heavy atom. The Morgan fingerprint density at radius 2 is 1.74 bits per heavy atom. The largest absolute Gasteiger partial charge is 0.497 e. The minimum Gasteiger partial charge on any atom is -0.497 e. The van der Waals surface area contributed by atoms with Crippen molar-refractivity contribution in [1.82, 2.24) is 18.7 Å². The first-order valence-corrected chi connectivity index (χ1v) is 11.0. The van der Waals surface area contributed by atoms with E-state index >= 15 is 0 Å². The molecule has 1 aliphatic rings. The number of ether oxygens (including phenoxy) is 2. The molecule has 0 atom stereocenters. The van der Waals surface area contributed by atoms with Gasteiger partial charge in [-0.15, -0.1) is 0 Å². The Kier molecular flexibility index (Phi) is 5.53. The van der Waals surface area contributed by atoms with Crippen molar-refractivity contribution in [3.8, 4) is 17.2 Å². The van der Waals surface area contributed by atoms with E-state index in [0.29, 0.717) is 35.2 Å². The minimum absolute atomic E-state index is 0.0986. The number of imidazole rings is 1. The molecule has 0 unspecified atom stereocenters. The Labute approximate surface area is 194 Å². The summed E-state index contributed by atoms with van der Waals surface area (Å²) in [6, 6.07) is 13.9. The Hall–Kier alpha value is -4.14. The average molecular weight is 460 g/mol. The van der Waals surface area contributed by atoms with Crippen molar-refractivity contribution in [2.24, 2.45) is 5.92 Å². The van der Waals surface area contributed by atoms with Crippen LogP contribution in [0.25, 0.3) is 16.9 Å². The van der Waals surface area contributed by atoms with Gasteiger partial charge < -0.3 is 14.0 Å². The predicted molar refractivity (Wildman–Crippen MR) is 126 cm³/mol. The maximum atomic E-state index is 13.5. The maximum Gasteiger partial charge on any atom is 0.337 e. The van der Waals surface area contributed by atoms with Crippen molar-refractivity contribution in [2.75, 3.05) is 14.2 Å². The fourth-order valence-corrected chi connectivity index (χ4v) is 4.04. The van der Waals surface area contributed by atoms with Gasteiger partial charge in [0.1, 0.15) is 11.5 Å². The van der Waals surface area contributed by atoms with Gasteiger partial charge in [-0.25, -0.2) is 14.3 Å². The molecule has 0 bridgehead atoms. The van der Waals surface area contributed by atoms with E-state index in [-0.39, 0.29) is 23.5 Å². The smallest absolute Gasteiger partial charge is 0.337 e. The monoisotopic (exact) mass is 460 g/mol. The van der Waals surface area contributed by atoms with Gasteiger partial charge in [0.15, 0.2) is 16.9 Å². The van der Waals surface area contributed by atoms with Gasteiger partial charge in [-0.2, -0.15) is 0 Å². The maximum absolute atomic E-state index is 13.5. The van der Waals surface area contributed by atoms with Crippen LogP contribution in [0.1, 0.15) is 23.2 Å². The van der Waals surface area contributed by atoms with Gasteiger partial charge in [0, 0.05) is 18.2 Å². The molecule has 0 saturated heterocycles. The highest BCUT2D eigenvalue weighted by atomic mass is 16.5. The van der Waals surface area contributed by atoms with E-state index in [4.69, 9.17) is 9.47 Å². The lowest BCUT2D eigenvalue weighted by Gasteiger charge is -2.13. The molecular formula is C25H24N4O5. The van der Waals surface area contributed by atoms with Gasteiger partial charge in [-0.1, -0.05) is 18.2 Å². The van der Waals surface area contributed by atoms with E-state index in [0.717, 1.165) is 12.8 Å². The van der Waals surface area contributed by atoms with E-state index in [1.807, 2.05) is 0 Å². The van der Waals surface area contributed by atoms with E-state index < -0.39 is 11.2 Å². The number of rotatable bonds is 8. The van der Waals surface area contributed by atoms with E-state index in [2.05, 4.69) is 4.98 Å². The number of benzene rings is 2. The zero-order valence-electron chi connectivity index (χ0n) is 18.9. The molecule has 9 heteroatoms. The third-order valence-electron chi connectivity index (χ3n) is 6.06. The van der Waals surface area contributed by atoms with Crippen molar-refractivity contribution >= 4 is 16.9 Å². The molecule has 1 saturated carbocycles. The lowest BCUT2D eigenvalue weighted by atomic mass is 10.1. The van der Waals surface area contributed by atoms with Crippen LogP contribution in [0.4, 0.5) is 0 Å². The minimum atomic E-state index is -0.456. The number of aromatic nitrogens is 4. The normalized spacial score (nSPS) is 13.2. The summed E-state index contributed by atoms with van der Waals surface area (Å²) in [6.45, 7) is 0.241. The number of hydrogen-bond acceptors (Lipinski definition) is 6. The molecule has 9 nitrogen and oxygen atoms in total. The van der Waals surface area contributed by atoms with Gasteiger partial charge in [0.05, 0.1) is 32.8 Å². The molecule has 0 aliphatic heterocycles. The molecule has 0 N–H and O–H groups in total. The topological polar surface area (TPSA) is 97.4 Å². The van der Waals surface area contributed by atoms with Crippen molar-refractivity contribution in [2.45, 2.75) is 25.9 Å². The average Bonchev–Trinajstić information content (AvgIpc) is 3.60. The molecule has 1 aliphatic carbocycles. The van der Waals surface area contributed by atoms with Gasteiger partial charge in [-0.05, 0) is 43.0 Å². The van der Waals surface area contributed by atoms with Crippen molar-refractivity contribution in [3.05, 3.63) is 81.3 Å². The van der Waals surface area contributed by atoms with Gasteiger partial charge in [0.25, 0.3) is 5.56 Å². The number of ketones is 1. The first kappa shape index (κ1) is 21.7. The summed E-state index contributed by atoms with van der Waals surface area (Å²) in [5, 5.41) is 0. The van der Waals surface area contributed by atoms with Crippen LogP contribution in [0.3, 0.4) is 0 Å². The van der Waals surface area contributed by atoms with E-state index in [1.165, 1.54) is 27.1 Å². The summed E-state index contributed by atoms with van der Waals surface area (Å²) in [5.74, 6) is 1.24. The van der Waals surface area contributed by atoms with Crippen LogP contribution in [0, 0.1) is 5.92 Å². The number of fused-ring (bicyclic) bond motifs is 1. The number of Topliss-reactive ketones (excluding diaryl/α,β-unsaturated/α-hetero) is 1. The second kappa shape index (κ2) is 8.66. The standard InChI is InChI=1S/C25H24N4O5/c1-33-19-7-3-5-17(11-19)21(30)14-27-15-26-23-22(27)24(31)28(13-16-9-10-16)25(32)29(23)18-6-4-8-20(12-18)34-2/h3-8,11-12,15-16H,9-10,13-14H2,1-2H3. The van der Waals surface area contributed by atoms with Crippen LogP contribution >= 0.6 is 0 Å². The van der Waals surface area contributed by atoms with Crippen LogP contribution < -0.4 is 20.7 Å². The lowest BCUT2D eigenvalue weighted by molar-refractivity contribution is 0.0973. The van der Waals surface area contributed by atoms with E-state index in [1.54, 1.807) is 55.6 Å². The fraction of sp³-hybridized carbons (Fsp3) is 0.280. The van der Waals surface area contributed by atoms with E-state index in [9.17, 15) is 14.4 Å². The number of hydrogen-bond donors (Lipinski definition) is 0. The Balaban J connectivity index is 1.66. The molecule has 34 heavy (non-hydrogen) atoms. The third kappa shape index (κ3) is 3.89. The van der Waals surface area contributed by atoms with Gasteiger partial charge in [0.2, 0.25) is 0 Å². The predicted octanol–water partition coefficient (Wildman–Crippen LogP) is 2.66. The number of carbonyl (C=O) groups is 1. The zero-order valence-corrected chi connectivity index (χ0v) is 18.9. The highest BCUT2D eigenvalue weighted by Crippen LogP contribution is 2.30. The lowest BCUT2D eigenvalue weighted by Crippen LogP contribution is -2.40. The highest BCUT2D eigenvalue weighted by molar-refractivity contribution is 5.96. The first-order chi connectivity index (χ1) is 16.5. The molecule has 4 aromatic rings. The summed E-state index contributed by atoms with van der Waals surface area (Å²) < 4.78 is 14.7. The highest BCUT2D eigenvalue weighted by Gasteiger charge is 2.27. The van der Waals surface area contributed by atoms with Crippen LogP contribution in [-0.4, -0.2) is 38.7 Å². The second-order valence-corrected chi connectivity index (χ2v) is 8.38. The Morgan fingerprint density at radius 3 is 2.44 bits per heavy atom. The number of carbonyl (C=O) groups excluding carboxylic acids is 1. The van der Waals surface area contributed by atoms with Crippen molar-refractivity contribution in [3.63, 3.8) is 0 Å². The molecule has 1 fully saturated rings. The van der Waals surface area contributed by atoms with Crippen LogP contribution in [0.5, 0.6) is 11.5 Å². The van der Waals surface area contributed by atoms with Gasteiger partial charge >= 0.3 is 5.69 Å². The summed E-state index contributed by atoms with van der Waals surface area (Å²) in [6.07, 6.45) is 3.40. The second-order valence-electron chi connectivity index (χ2n) is 8.38. The van der Waals surface area contributed by atoms with Crippen molar-refractivity contribution in [1.29, 1.82) is 0 Å². The Bertz CT molecular complexity index is 1510. The molecule has 0 radical (unpaired) electrons. The molecule has 174 valence electrons. The molecule has 2 aromatic heterocycles. The zero-order chi connectivity index (χ0) is 23.8.